The van der Waals surface area contributed by atoms with Crippen LogP contribution in [0.4, 0.5) is 0 Å². The van der Waals surface area contributed by atoms with Crippen LogP contribution in [-0.4, -0.2) is 0 Å². The summed E-state index contributed by atoms with van der Waals surface area (Å²) in [5.74, 6) is 0. The fourth-order valence-electron chi connectivity index (χ4n) is 6.51. The second kappa shape index (κ2) is 12.0. The van der Waals surface area contributed by atoms with Crippen LogP contribution in [0.3, 0.4) is 0 Å². The Hall–Kier alpha value is -4.68. The molecule has 0 aliphatic heterocycles. The molecule has 0 nitrogen and oxygen atoms in total. The van der Waals surface area contributed by atoms with Gasteiger partial charge in [-0.15, -0.1) is 0 Å². The van der Waals surface area contributed by atoms with Gasteiger partial charge in [-0.25, -0.2) is 0 Å². The standard InChI is InChI=1S/C40H32.C2H6/c1-3-27-20-22-32(24-28(27)4-2)31-14-11-15-33(26-31)39-35-16-7-9-18-37(35)40(38-19-10-8-17-36(38)39)34-23-21-29-12-5-6-13-30(29)25-34;1-2/h4-7,9-16,18-26H,2-3,8,17H2,1H3;1-2H3. The van der Waals surface area contributed by atoms with Gasteiger partial charge in [0.25, 0.3) is 0 Å². The van der Waals surface area contributed by atoms with Crippen molar-refractivity contribution in [1.29, 1.82) is 0 Å². The van der Waals surface area contributed by atoms with E-state index in [4.69, 9.17) is 0 Å². The highest BCUT2D eigenvalue weighted by Gasteiger charge is 2.22. The van der Waals surface area contributed by atoms with Gasteiger partial charge in [-0.05, 0) is 115 Å². The predicted molar refractivity (Wildman–Crippen MR) is 186 cm³/mol. The monoisotopic (exact) mass is 542 g/mol. The Balaban J connectivity index is 0.00000155. The van der Waals surface area contributed by atoms with Crippen molar-refractivity contribution in [2.45, 2.75) is 40.0 Å². The molecule has 206 valence electrons. The summed E-state index contributed by atoms with van der Waals surface area (Å²) in [5.41, 5.74) is 13.1. The largest absolute Gasteiger partial charge is 0.0985 e. The number of hydrogen-bond donors (Lipinski definition) is 0. The molecule has 0 saturated carbocycles. The van der Waals surface area contributed by atoms with Gasteiger partial charge in [0.15, 0.2) is 0 Å². The van der Waals surface area contributed by atoms with E-state index in [1.165, 1.54) is 77.2 Å². The first kappa shape index (κ1) is 27.5. The van der Waals surface area contributed by atoms with E-state index in [1.807, 2.05) is 19.9 Å². The highest BCUT2D eigenvalue weighted by Crippen LogP contribution is 2.45. The molecule has 42 heavy (non-hydrogen) atoms. The SMILES string of the molecule is C=Cc1cc(-c2cccc(-c3c4c(c(-c5ccc6ccccc6c5)c5ccccc35)C=CCC4)c2)ccc1CC.CC. The second-order valence-electron chi connectivity index (χ2n) is 10.7. The minimum atomic E-state index is 1.01. The van der Waals surface area contributed by atoms with Crippen molar-refractivity contribution < 1.29 is 0 Å². The van der Waals surface area contributed by atoms with E-state index in [1.54, 1.807) is 0 Å². The van der Waals surface area contributed by atoms with Crippen LogP contribution in [0.1, 0.15) is 49.4 Å². The summed E-state index contributed by atoms with van der Waals surface area (Å²) in [6.45, 7) is 10.3. The Bertz CT molecular complexity index is 1950. The molecule has 7 rings (SSSR count). The zero-order valence-corrected chi connectivity index (χ0v) is 25.0. The molecular formula is C42H38. The number of hydrogen-bond acceptors (Lipinski definition) is 0. The predicted octanol–water partition coefficient (Wildman–Crippen LogP) is 12.2. The molecule has 0 fully saturated rings. The van der Waals surface area contributed by atoms with Crippen LogP contribution in [-0.2, 0) is 12.8 Å². The van der Waals surface area contributed by atoms with Crippen LogP contribution in [0.15, 0.2) is 122 Å². The molecule has 0 saturated heterocycles. The third-order valence-corrected chi connectivity index (χ3v) is 8.48. The molecule has 0 heterocycles. The summed E-state index contributed by atoms with van der Waals surface area (Å²) in [6.07, 6.45) is 9.81. The number of allylic oxidation sites excluding steroid dienone is 1. The maximum absolute atomic E-state index is 4.07. The lowest BCUT2D eigenvalue weighted by atomic mass is 9.79. The third-order valence-electron chi connectivity index (χ3n) is 8.48. The Morgan fingerprint density at radius 3 is 2.10 bits per heavy atom. The van der Waals surface area contributed by atoms with Crippen LogP contribution in [0.5, 0.6) is 0 Å². The summed E-state index contributed by atoms with van der Waals surface area (Å²) in [5, 5.41) is 5.19. The molecule has 0 amide bonds. The van der Waals surface area contributed by atoms with E-state index in [-0.39, 0.29) is 0 Å². The molecular weight excluding hydrogens is 504 g/mol. The Morgan fingerprint density at radius 2 is 1.31 bits per heavy atom. The first-order chi connectivity index (χ1) is 20.7. The van der Waals surface area contributed by atoms with Crippen molar-refractivity contribution in [3.8, 4) is 33.4 Å². The van der Waals surface area contributed by atoms with Gasteiger partial charge in [0, 0.05) is 0 Å². The molecule has 0 bridgehead atoms. The molecule has 0 unspecified atom stereocenters. The topological polar surface area (TPSA) is 0 Å². The molecule has 0 N–H and O–H groups in total. The van der Waals surface area contributed by atoms with Gasteiger partial charge in [0.2, 0.25) is 0 Å². The van der Waals surface area contributed by atoms with Crippen LogP contribution in [0.2, 0.25) is 0 Å². The lowest BCUT2D eigenvalue weighted by Gasteiger charge is -2.24. The summed E-state index contributed by atoms with van der Waals surface area (Å²) < 4.78 is 0. The zero-order valence-electron chi connectivity index (χ0n) is 25.0. The first-order valence-electron chi connectivity index (χ1n) is 15.3. The number of rotatable bonds is 5. The minimum Gasteiger partial charge on any atom is -0.0985 e. The van der Waals surface area contributed by atoms with Crippen LogP contribution in [0.25, 0.3) is 67.1 Å². The fourth-order valence-corrected chi connectivity index (χ4v) is 6.51. The molecule has 0 atom stereocenters. The fraction of sp³-hybridized carbons (Fsp3) is 0.143. The van der Waals surface area contributed by atoms with E-state index >= 15 is 0 Å². The molecule has 0 spiro atoms. The maximum Gasteiger partial charge on any atom is -0.00295 e. The molecule has 0 aromatic heterocycles. The normalized spacial score (nSPS) is 12.1. The molecule has 6 aromatic carbocycles. The summed E-state index contributed by atoms with van der Waals surface area (Å²) in [6, 6.07) is 40.4. The van der Waals surface area contributed by atoms with Gasteiger partial charge in [0.1, 0.15) is 0 Å². The zero-order chi connectivity index (χ0) is 29.1. The molecule has 1 aliphatic carbocycles. The Kier molecular flexibility index (Phi) is 7.89. The maximum atomic E-state index is 4.07. The summed E-state index contributed by atoms with van der Waals surface area (Å²) in [4.78, 5) is 0. The smallest absolute Gasteiger partial charge is 0.00295 e. The van der Waals surface area contributed by atoms with E-state index in [9.17, 15) is 0 Å². The van der Waals surface area contributed by atoms with Crippen molar-refractivity contribution in [3.63, 3.8) is 0 Å². The average Bonchev–Trinajstić information content (AvgIpc) is 3.07. The van der Waals surface area contributed by atoms with Gasteiger partial charge in [-0.2, -0.15) is 0 Å². The van der Waals surface area contributed by atoms with Gasteiger partial charge in [0.05, 0.1) is 0 Å². The van der Waals surface area contributed by atoms with Gasteiger partial charge < -0.3 is 0 Å². The van der Waals surface area contributed by atoms with Crippen LogP contribution >= 0.6 is 0 Å². The second-order valence-corrected chi connectivity index (χ2v) is 10.7. The van der Waals surface area contributed by atoms with Crippen molar-refractivity contribution in [3.05, 3.63) is 144 Å². The van der Waals surface area contributed by atoms with Gasteiger partial charge in [-0.1, -0.05) is 137 Å². The van der Waals surface area contributed by atoms with Crippen molar-refractivity contribution >= 4 is 33.7 Å². The highest BCUT2D eigenvalue weighted by molar-refractivity contribution is 6.11. The summed E-state index contributed by atoms with van der Waals surface area (Å²) >= 11 is 0. The van der Waals surface area contributed by atoms with E-state index in [2.05, 4.69) is 135 Å². The molecule has 6 aromatic rings. The third kappa shape index (κ3) is 4.88. The van der Waals surface area contributed by atoms with Crippen LogP contribution < -0.4 is 0 Å². The number of benzene rings is 6. The van der Waals surface area contributed by atoms with Crippen molar-refractivity contribution in [2.24, 2.45) is 0 Å². The van der Waals surface area contributed by atoms with E-state index in [0.29, 0.717) is 0 Å². The lowest BCUT2D eigenvalue weighted by molar-refractivity contribution is 0.991. The van der Waals surface area contributed by atoms with E-state index < -0.39 is 0 Å². The van der Waals surface area contributed by atoms with Crippen molar-refractivity contribution in [2.75, 3.05) is 0 Å². The van der Waals surface area contributed by atoms with Gasteiger partial charge in [-0.3, -0.25) is 0 Å². The van der Waals surface area contributed by atoms with E-state index in [0.717, 1.165) is 19.3 Å². The molecule has 0 heteroatoms. The number of fused-ring (bicyclic) bond motifs is 3. The first-order valence-corrected chi connectivity index (χ1v) is 15.3. The lowest BCUT2D eigenvalue weighted by Crippen LogP contribution is -2.02. The Morgan fingerprint density at radius 1 is 0.643 bits per heavy atom. The highest BCUT2D eigenvalue weighted by atomic mass is 14.2. The minimum absolute atomic E-state index is 1.01. The van der Waals surface area contributed by atoms with Gasteiger partial charge >= 0.3 is 0 Å². The summed E-state index contributed by atoms with van der Waals surface area (Å²) in [7, 11) is 0. The Labute approximate surface area is 250 Å². The molecule has 1 aliphatic rings. The van der Waals surface area contributed by atoms with Crippen molar-refractivity contribution in [1.82, 2.24) is 0 Å². The van der Waals surface area contributed by atoms with Crippen LogP contribution in [0, 0.1) is 0 Å². The number of aryl methyl sites for hydroxylation is 1. The average molecular weight is 543 g/mol. The quantitative estimate of drug-likeness (QED) is 0.203. The molecule has 0 radical (unpaired) electrons.